The van der Waals surface area contributed by atoms with E-state index in [2.05, 4.69) is 15.5 Å². The molecule has 2 atom stereocenters. The quantitative estimate of drug-likeness (QED) is 0.509. The standard InChI is InChI=1S/C19H27N5O5/c1-19(2,3)29-18(27)23-14(12-28-22-11-13-6-4-8-21-10-13)17(26)24-9-5-7-15(24)16(20)25/h4,6,8,10-11,14-15H,5,7,9,12H2,1-3H3,(H2,20,25)(H,23,27)/t14-,15-/m0/s1. The van der Waals surface area contributed by atoms with Crippen LogP contribution in [0.2, 0.25) is 0 Å². The Morgan fingerprint density at radius 2 is 2.21 bits per heavy atom. The Bertz CT molecular complexity index is 747. The number of carbonyl (C=O) groups excluding carboxylic acids is 3. The van der Waals surface area contributed by atoms with Crippen LogP contribution in [0, 0.1) is 0 Å². The first-order valence-electron chi connectivity index (χ1n) is 9.32. The average molecular weight is 405 g/mol. The van der Waals surface area contributed by atoms with Gasteiger partial charge in [0, 0.05) is 24.5 Å². The highest BCUT2D eigenvalue weighted by molar-refractivity contribution is 5.91. The number of hydrogen-bond donors (Lipinski definition) is 2. The molecule has 0 radical (unpaired) electrons. The van der Waals surface area contributed by atoms with Crippen molar-refractivity contribution < 1.29 is 24.0 Å². The summed E-state index contributed by atoms with van der Waals surface area (Å²) in [6.07, 6.45) is 5.02. The van der Waals surface area contributed by atoms with Gasteiger partial charge in [-0.1, -0.05) is 11.2 Å². The molecule has 0 aromatic carbocycles. The lowest BCUT2D eigenvalue weighted by atomic mass is 10.2. The van der Waals surface area contributed by atoms with Crippen LogP contribution in [0.1, 0.15) is 39.2 Å². The molecule has 0 spiro atoms. The van der Waals surface area contributed by atoms with E-state index in [0.29, 0.717) is 24.9 Å². The average Bonchev–Trinajstić information content (AvgIpc) is 3.13. The number of nitrogens with one attached hydrogen (secondary N) is 1. The number of primary amides is 1. The van der Waals surface area contributed by atoms with Crippen molar-refractivity contribution in [3.63, 3.8) is 0 Å². The van der Waals surface area contributed by atoms with Gasteiger partial charge in [0.25, 0.3) is 0 Å². The smallest absolute Gasteiger partial charge is 0.408 e. The second kappa shape index (κ2) is 9.85. The Balaban J connectivity index is 2.05. The van der Waals surface area contributed by atoms with E-state index < -0.39 is 35.6 Å². The number of nitrogens with zero attached hydrogens (tertiary/aromatic N) is 3. The Morgan fingerprint density at radius 1 is 1.45 bits per heavy atom. The van der Waals surface area contributed by atoms with E-state index in [0.717, 1.165) is 0 Å². The number of carbonyl (C=O) groups is 3. The molecule has 0 aliphatic carbocycles. The van der Waals surface area contributed by atoms with E-state index in [-0.39, 0.29) is 6.61 Å². The molecule has 0 bridgehead atoms. The van der Waals surface area contributed by atoms with Crippen LogP contribution in [-0.4, -0.2) is 64.8 Å². The van der Waals surface area contributed by atoms with Crippen LogP contribution in [0.25, 0.3) is 0 Å². The molecule has 29 heavy (non-hydrogen) atoms. The van der Waals surface area contributed by atoms with Gasteiger partial charge in [-0.25, -0.2) is 4.79 Å². The lowest BCUT2D eigenvalue weighted by Crippen LogP contribution is -2.54. The third-order valence-electron chi connectivity index (χ3n) is 4.06. The predicted molar refractivity (Wildman–Crippen MR) is 105 cm³/mol. The summed E-state index contributed by atoms with van der Waals surface area (Å²) >= 11 is 0. The fraction of sp³-hybridized carbons (Fsp3) is 0.526. The van der Waals surface area contributed by atoms with Gasteiger partial charge in [-0.05, 0) is 39.7 Å². The van der Waals surface area contributed by atoms with Crippen molar-refractivity contribution in [2.45, 2.75) is 51.3 Å². The van der Waals surface area contributed by atoms with E-state index in [4.69, 9.17) is 15.3 Å². The van der Waals surface area contributed by atoms with Crippen molar-refractivity contribution in [1.82, 2.24) is 15.2 Å². The van der Waals surface area contributed by atoms with Crippen molar-refractivity contribution in [1.29, 1.82) is 0 Å². The fourth-order valence-electron chi connectivity index (χ4n) is 2.82. The lowest BCUT2D eigenvalue weighted by molar-refractivity contribution is -0.140. The molecular formula is C19H27N5O5. The van der Waals surface area contributed by atoms with Crippen molar-refractivity contribution in [3.8, 4) is 0 Å². The normalized spacial score (nSPS) is 17.8. The predicted octanol–water partition coefficient (Wildman–Crippen LogP) is 0.802. The number of nitrogens with two attached hydrogens (primary N) is 1. The molecule has 10 heteroatoms. The first-order chi connectivity index (χ1) is 13.7. The number of likely N-dealkylation sites (tertiary alicyclic amines) is 1. The third-order valence-corrected chi connectivity index (χ3v) is 4.06. The minimum absolute atomic E-state index is 0.239. The molecular weight excluding hydrogens is 378 g/mol. The maximum atomic E-state index is 12.9. The van der Waals surface area contributed by atoms with E-state index in [1.807, 2.05) is 0 Å². The maximum absolute atomic E-state index is 12.9. The monoisotopic (exact) mass is 405 g/mol. The number of oxime groups is 1. The molecule has 3 N–H and O–H groups in total. The van der Waals surface area contributed by atoms with Crippen LogP contribution in [0.3, 0.4) is 0 Å². The van der Waals surface area contributed by atoms with Gasteiger partial charge >= 0.3 is 6.09 Å². The molecule has 0 unspecified atom stereocenters. The van der Waals surface area contributed by atoms with Crippen molar-refractivity contribution in [2.24, 2.45) is 10.9 Å². The van der Waals surface area contributed by atoms with Gasteiger partial charge in [0.2, 0.25) is 11.8 Å². The highest BCUT2D eigenvalue weighted by Crippen LogP contribution is 2.18. The molecule has 1 aromatic heterocycles. The summed E-state index contributed by atoms with van der Waals surface area (Å²) in [4.78, 5) is 47.2. The van der Waals surface area contributed by atoms with E-state index in [9.17, 15) is 14.4 Å². The van der Waals surface area contributed by atoms with Crippen LogP contribution in [-0.2, 0) is 19.2 Å². The first-order valence-corrected chi connectivity index (χ1v) is 9.32. The second-order valence-electron chi connectivity index (χ2n) is 7.61. The second-order valence-corrected chi connectivity index (χ2v) is 7.61. The molecule has 1 aromatic rings. The number of amides is 3. The molecule has 158 valence electrons. The van der Waals surface area contributed by atoms with Crippen molar-refractivity contribution >= 4 is 24.1 Å². The number of hydrogen-bond acceptors (Lipinski definition) is 7. The Kier molecular flexibility index (Phi) is 7.52. The Hall–Kier alpha value is -3.17. The molecule has 0 saturated carbocycles. The van der Waals surface area contributed by atoms with Crippen LogP contribution >= 0.6 is 0 Å². The molecule has 2 rings (SSSR count). The van der Waals surface area contributed by atoms with Crippen molar-refractivity contribution in [3.05, 3.63) is 30.1 Å². The van der Waals surface area contributed by atoms with Gasteiger partial charge in [-0.3, -0.25) is 14.6 Å². The molecule has 1 saturated heterocycles. The number of aromatic nitrogens is 1. The van der Waals surface area contributed by atoms with E-state index >= 15 is 0 Å². The summed E-state index contributed by atoms with van der Waals surface area (Å²) < 4.78 is 5.22. The van der Waals surface area contributed by atoms with E-state index in [1.165, 1.54) is 11.1 Å². The van der Waals surface area contributed by atoms with Gasteiger partial charge in [-0.2, -0.15) is 0 Å². The topological polar surface area (TPSA) is 136 Å². The first kappa shape index (κ1) is 22.1. The lowest BCUT2D eigenvalue weighted by Gasteiger charge is -2.28. The van der Waals surface area contributed by atoms with Crippen molar-refractivity contribution in [2.75, 3.05) is 13.2 Å². The number of alkyl carbamates (subject to hydrolysis) is 1. The summed E-state index contributed by atoms with van der Waals surface area (Å²) in [5.74, 6) is -1.06. The maximum Gasteiger partial charge on any atom is 0.408 e. The largest absolute Gasteiger partial charge is 0.444 e. The van der Waals surface area contributed by atoms with Crippen LogP contribution < -0.4 is 11.1 Å². The number of pyridine rings is 1. The van der Waals surface area contributed by atoms with Gasteiger partial charge in [-0.15, -0.1) is 0 Å². The molecule has 3 amide bonds. The van der Waals surface area contributed by atoms with E-state index in [1.54, 1.807) is 45.3 Å². The summed E-state index contributed by atoms with van der Waals surface area (Å²) in [6.45, 7) is 5.26. The summed E-state index contributed by atoms with van der Waals surface area (Å²) in [7, 11) is 0. The molecule has 2 heterocycles. The minimum atomic E-state index is -1.09. The number of rotatable bonds is 7. The zero-order valence-electron chi connectivity index (χ0n) is 16.8. The van der Waals surface area contributed by atoms with Gasteiger partial charge < -0.3 is 25.5 Å². The zero-order valence-corrected chi connectivity index (χ0v) is 16.8. The third kappa shape index (κ3) is 7.05. The Morgan fingerprint density at radius 3 is 2.83 bits per heavy atom. The molecule has 1 aliphatic rings. The fourth-order valence-corrected chi connectivity index (χ4v) is 2.82. The molecule has 1 fully saturated rings. The van der Waals surface area contributed by atoms with Crippen LogP contribution in [0.5, 0.6) is 0 Å². The van der Waals surface area contributed by atoms with Gasteiger partial charge in [0.1, 0.15) is 24.3 Å². The van der Waals surface area contributed by atoms with Crippen LogP contribution in [0.15, 0.2) is 29.7 Å². The highest BCUT2D eigenvalue weighted by atomic mass is 16.6. The molecule has 1 aliphatic heterocycles. The van der Waals surface area contributed by atoms with Crippen LogP contribution in [0.4, 0.5) is 4.79 Å². The zero-order chi connectivity index (χ0) is 21.4. The number of ether oxygens (including phenoxy) is 1. The summed E-state index contributed by atoms with van der Waals surface area (Å²) in [5.41, 5.74) is 5.37. The van der Waals surface area contributed by atoms with Gasteiger partial charge in [0.15, 0.2) is 0 Å². The van der Waals surface area contributed by atoms with Gasteiger partial charge in [0.05, 0.1) is 6.21 Å². The minimum Gasteiger partial charge on any atom is -0.444 e. The Labute approximate surface area is 169 Å². The highest BCUT2D eigenvalue weighted by Gasteiger charge is 2.37. The SMILES string of the molecule is CC(C)(C)OC(=O)N[C@@H](CON=Cc1cccnc1)C(=O)N1CCC[C@H]1C(N)=O. The summed E-state index contributed by atoms with van der Waals surface area (Å²) in [5, 5.41) is 6.30. The molecule has 10 nitrogen and oxygen atoms in total. The summed E-state index contributed by atoms with van der Waals surface area (Å²) in [6, 6.07) is 1.73.